The van der Waals surface area contributed by atoms with Crippen molar-refractivity contribution >= 4 is 33.2 Å². The van der Waals surface area contributed by atoms with E-state index in [0.717, 1.165) is 25.4 Å². The average molecular weight is 550 g/mol. The molecular formula is C29H27NO8S. The van der Waals surface area contributed by atoms with Crippen molar-refractivity contribution in [3.05, 3.63) is 77.9 Å². The molecule has 1 N–H and O–H groups in total. The molecule has 0 bridgehead atoms. The van der Waals surface area contributed by atoms with Crippen molar-refractivity contribution in [3.63, 3.8) is 0 Å². The minimum Gasteiger partial charge on any atom is -0.508 e. The summed E-state index contributed by atoms with van der Waals surface area (Å²) in [5, 5.41) is 10.3. The van der Waals surface area contributed by atoms with E-state index in [1.807, 2.05) is 12.1 Å². The van der Waals surface area contributed by atoms with Crippen LogP contribution in [0.4, 0.5) is 0 Å². The number of hydrogen-bond donors (Lipinski definition) is 1. The zero-order valence-electron chi connectivity index (χ0n) is 21.3. The second-order valence-electron chi connectivity index (χ2n) is 9.29. The van der Waals surface area contributed by atoms with Crippen molar-refractivity contribution < 1.29 is 37.3 Å². The number of benzene rings is 3. The topological polar surface area (TPSA) is 104 Å². The second kappa shape index (κ2) is 10.2. The smallest absolute Gasteiger partial charge is 0.442 e. The summed E-state index contributed by atoms with van der Waals surface area (Å²) < 4.78 is 29.1. The lowest BCUT2D eigenvalue weighted by Gasteiger charge is -2.34. The number of aromatic hydroxyl groups is 1. The molecule has 3 aliphatic heterocycles. The van der Waals surface area contributed by atoms with Crippen LogP contribution >= 0.6 is 10.6 Å². The van der Waals surface area contributed by atoms with Gasteiger partial charge in [0.1, 0.15) is 39.4 Å². The maximum Gasteiger partial charge on any atom is 0.442 e. The normalized spacial score (nSPS) is 18.6. The van der Waals surface area contributed by atoms with Crippen LogP contribution in [0, 0.1) is 0 Å². The van der Waals surface area contributed by atoms with Gasteiger partial charge in [0.25, 0.3) is 0 Å². The highest BCUT2D eigenvalue weighted by molar-refractivity contribution is 8.35. The van der Waals surface area contributed by atoms with Gasteiger partial charge in [-0.15, -0.1) is 0 Å². The van der Waals surface area contributed by atoms with E-state index in [-0.39, 0.29) is 5.75 Å². The highest BCUT2D eigenvalue weighted by Gasteiger charge is 2.53. The molecule has 3 aromatic rings. The summed E-state index contributed by atoms with van der Waals surface area (Å²) >= 11 is 0. The molecule has 0 aromatic heterocycles. The van der Waals surface area contributed by atoms with Crippen LogP contribution in [0.15, 0.2) is 71.6 Å². The lowest BCUT2D eigenvalue weighted by Crippen LogP contribution is -2.25. The standard InChI is InChI=1S/C29H27NO8S/c1-34-23-6-4-5-19(17-23)27-26(24-12-7-20(31)18-25(24)39(27)37-28(32)29(33)38-39)36-22-10-8-21(9-11-22)35-16-15-30-13-2-3-14-30/h4-12,17-18,31H,2-3,13-16H2,1H3. The van der Waals surface area contributed by atoms with Gasteiger partial charge in [0.05, 0.1) is 7.11 Å². The summed E-state index contributed by atoms with van der Waals surface area (Å²) in [5.41, 5.74) is 1.12. The number of carbonyl (C=O) groups is 2. The molecule has 0 unspecified atom stereocenters. The van der Waals surface area contributed by atoms with E-state index in [4.69, 9.17) is 22.6 Å². The first kappa shape index (κ1) is 25.1. The van der Waals surface area contributed by atoms with Gasteiger partial charge in [0.2, 0.25) is 0 Å². The van der Waals surface area contributed by atoms with Crippen LogP contribution in [-0.4, -0.2) is 55.3 Å². The first-order chi connectivity index (χ1) is 19.0. The van der Waals surface area contributed by atoms with Crippen LogP contribution < -0.4 is 14.2 Å². The van der Waals surface area contributed by atoms with E-state index in [1.165, 1.54) is 25.0 Å². The number of hydrogen-bond acceptors (Lipinski definition) is 9. The molecule has 2 fully saturated rings. The molecular weight excluding hydrogens is 522 g/mol. The number of rotatable bonds is 8. The lowest BCUT2D eigenvalue weighted by atomic mass is 10.1. The maximum absolute atomic E-state index is 12.4. The first-order valence-corrected chi connectivity index (χ1v) is 14.1. The molecule has 10 heteroatoms. The quantitative estimate of drug-likeness (QED) is 0.394. The minimum absolute atomic E-state index is 0.0682. The fourth-order valence-corrected chi connectivity index (χ4v) is 7.64. The van der Waals surface area contributed by atoms with Crippen LogP contribution in [0.25, 0.3) is 10.7 Å². The van der Waals surface area contributed by atoms with Gasteiger partial charge >= 0.3 is 11.9 Å². The van der Waals surface area contributed by atoms with Gasteiger partial charge in [-0.2, -0.15) is 0 Å². The highest BCUT2D eigenvalue weighted by Crippen LogP contribution is 2.76. The van der Waals surface area contributed by atoms with Gasteiger partial charge in [0.15, 0.2) is 5.76 Å². The van der Waals surface area contributed by atoms with Gasteiger partial charge < -0.3 is 27.7 Å². The average Bonchev–Trinajstić information content (AvgIpc) is 3.63. The van der Waals surface area contributed by atoms with E-state index in [0.29, 0.717) is 44.8 Å². The van der Waals surface area contributed by atoms with Crippen LogP contribution in [-0.2, 0) is 18.0 Å². The van der Waals surface area contributed by atoms with Crippen LogP contribution in [0.5, 0.6) is 23.0 Å². The van der Waals surface area contributed by atoms with Crippen molar-refractivity contribution in [1.29, 1.82) is 0 Å². The number of methoxy groups -OCH3 is 1. The summed E-state index contributed by atoms with van der Waals surface area (Å²) in [6, 6.07) is 18.9. The van der Waals surface area contributed by atoms with E-state index in [2.05, 4.69) is 4.90 Å². The molecule has 1 spiro atoms. The van der Waals surface area contributed by atoms with Crippen molar-refractivity contribution in [1.82, 2.24) is 4.90 Å². The molecule has 3 aromatic carbocycles. The van der Waals surface area contributed by atoms with E-state index >= 15 is 0 Å². The summed E-state index contributed by atoms with van der Waals surface area (Å²) in [4.78, 5) is 27.8. The number of ether oxygens (including phenoxy) is 3. The van der Waals surface area contributed by atoms with Gasteiger partial charge in [-0.05, 0) is 85.1 Å². The zero-order chi connectivity index (χ0) is 27.0. The fourth-order valence-electron chi connectivity index (χ4n) is 4.92. The molecule has 3 aliphatic rings. The third-order valence-electron chi connectivity index (χ3n) is 6.78. The fraction of sp³-hybridized carbons (Fsp3) is 0.241. The Morgan fingerprint density at radius 3 is 2.33 bits per heavy atom. The van der Waals surface area contributed by atoms with E-state index in [9.17, 15) is 14.7 Å². The van der Waals surface area contributed by atoms with Crippen molar-refractivity contribution in [2.45, 2.75) is 17.7 Å². The molecule has 3 heterocycles. The lowest BCUT2D eigenvalue weighted by molar-refractivity contribution is -0.150. The van der Waals surface area contributed by atoms with Gasteiger partial charge in [-0.3, -0.25) is 4.90 Å². The maximum atomic E-state index is 12.4. The molecule has 202 valence electrons. The number of fused-ring (bicyclic) bond motifs is 2. The summed E-state index contributed by atoms with van der Waals surface area (Å²) in [7, 11) is -1.57. The molecule has 0 amide bonds. The van der Waals surface area contributed by atoms with E-state index < -0.39 is 22.5 Å². The predicted octanol–water partition coefficient (Wildman–Crippen LogP) is 4.89. The Labute approximate surface area is 227 Å². The molecule has 6 rings (SSSR count). The zero-order valence-corrected chi connectivity index (χ0v) is 22.1. The number of nitrogens with zero attached hydrogens (tertiary/aromatic N) is 1. The number of phenolic OH excluding ortho intramolecular Hbond substituents is 1. The number of likely N-dealkylation sites (tertiary alicyclic amines) is 1. The van der Waals surface area contributed by atoms with Gasteiger partial charge in [0, 0.05) is 23.7 Å². The Morgan fingerprint density at radius 1 is 0.897 bits per heavy atom. The first-order valence-electron chi connectivity index (χ1n) is 12.6. The third kappa shape index (κ3) is 4.66. The summed E-state index contributed by atoms with van der Waals surface area (Å²) in [6.45, 7) is 3.73. The predicted molar refractivity (Wildman–Crippen MR) is 144 cm³/mol. The molecule has 39 heavy (non-hydrogen) atoms. The molecule has 0 aliphatic carbocycles. The van der Waals surface area contributed by atoms with Crippen LogP contribution in [0.2, 0.25) is 0 Å². The van der Waals surface area contributed by atoms with Crippen molar-refractivity contribution in [2.75, 3.05) is 33.4 Å². The highest BCUT2D eigenvalue weighted by atomic mass is 32.3. The third-order valence-corrected chi connectivity index (χ3v) is 9.43. The van der Waals surface area contributed by atoms with Crippen molar-refractivity contribution in [3.8, 4) is 23.0 Å². The molecule has 0 atom stereocenters. The number of carbonyl (C=O) groups excluding carboxylic acids is 2. The number of phenols is 1. The summed E-state index contributed by atoms with van der Waals surface area (Å²) in [5.74, 6) is -0.143. The van der Waals surface area contributed by atoms with Gasteiger partial charge in [-0.1, -0.05) is 12.1 Å². The SMILES string of the molecule is COc1cccc(C2=C(Oc3ccc(OCCN4CCCC4)cc3)c3ccc(O)cc3S23OC(=O)C(=O)O3)c1. The molecule has 0 radical (unpaired) electrons. The Morgan fingerprint density at radius 2 is 1.62 bits per heavy atom. The minimum atomic E-state index is -3.11. The largest absolute Gasteiger partial charge is 0.508 e. The molecule has 9 nitrogen and oxygen atoms in total. The van der Waals surface area contributed by atoms with Crippen molar-refractivity contribution in [2.24, 2.45) is 0 Å². The van der Waals surface area contributed by atoms with E-state index in [1.54, 1.807) is 49.6 Å². The Kier molecular flexibility index (Phi) is 6.58. The molecule has 0 saturated carbocycles. The van der Waals surface area contributed by atoms with Gasteiger partial charge in [-0.25, -0.2) is 9.59 Å². The summed E-state index contributed by atoms with van der Waals surface area (Å²) in [6.07, 6.45) is 2.48. The Bertz CT molecular complexity index is 1450. The monoisotopic (exact) mass is 549 g/mol. The Hall–Kier alpha value is -4.15. The molecule has 2 saturated heterocycles. The Balaban J connectivity index is 1.37. The second-order valence-corrected chi connectivity index (χ2v) is 11.5. The van der Waals surface area contributed by atoms with Crippen LogP contribution in [0.3, 0.4) is 0 Å². The van der Waals surface area contributed by atoms with Crippen LogP contribution in [0.1, 0.15) is 24.0 Å².